The van der Waals surface area contributed by atoms with E-state index < -0.39 is 0 Å². The van der Waals surface area contributed by atoms with Gasteiger partial charge < -0.3 is 10.4 Å². The van der Waals surface area contributed by atoms with E-state index in [0.29, 0.717) is 5.75 Å². The highest BCUT2D eigenvalue weighted by atomic mass is 16.3. The van der Waals surface area contributed by atoms with Crippen LogP contribution in [0, 0.1) is 0 Å². The summed E-state index contributed by atoms with van der Waals surface area (Å²) in [5.74, 6) is 1.08. The second-order valence-electron chi connectivity index (χ2n) is 3.43. The van der Waals surface area contributed by atoms with Gasteiger partial charge in [-0.25, -0.2) is 4.98 Å². The smallest absolute Gasteiger partial charge is 0.144 e. The zero-order chi connectivity index (χ0) is 11.2. The third-order valence-corrected chi connectivity index (χ3v) is 2.22. The number of hydrogen-bond donors (Lipinski definition) is 2. The molecular formula is C12H13N3O. The number of aromatic hydroxyl groups is 1. The molecule has 0 saturated carbocycles. The van der Waals surface area contributed by atoms with E-state index in [-0.39, 0.29) is 0 Å². The van der Waals surface area contributed by atoms with Gasteiger partial charge in [0, 0.05) is 18.9 Å². The molecule has 0 amide bonds. The molecule has 1 aromatic carbocycles. The van der Waals surface area contributed by atoms with Gasteiger partial charge in [0.05, 0.1) is 6.20 Å². The summed E-state index contributed by atoms with van der Waals surface area (Å²) in [5, 5.41) is 12.3. The van der Waals surface area contributed by atoms with Crippen LogP contribution in [-0.4, -0.2) is 21.6 Å². The van der Waals surface area contributed by atoms with Gasteiger partial charge in [0.15, 0.2) is 0 Å². The summed E-state index contributed by atoms with van der Waals surface area (Å²) in [6, 6.07) is 7.21. The van der Waals surface area contributed by atoms with Gasteiger partial charge in [0.2, 0.25) is 0 Å². The molecule has 0 radical (unpaired) electrons. The Morgan fingerprint density at radius 2 is 1.94 bits per heavy atom. The van der Waals surface area contributed by atoms with Crippen molar-refractivity contribution in [3.8, 4) is 5.75 Å². The number of nitrogens with one attached hydrogen (secondary N) is 1. The van der Waals surface area contributed by atoms with Crippen LogP contribution in [0.1, 0.15) is 5.56 Å². The summed E-state index contributed by atoms with van der Waals surface area (Å²) in [6.07, 6.45) is 5.88. The first-order chi connectivity index (χ1) is 7.84. The summed E-state index contributed by atoms with van der Waals surface area (Å²) in [7, 11) is 0. The van der Waals surface area contributed by atoms with E-state index in [2.05, 4.69) is 15.3 Å². The average molecular weight is 215 g/mol. The van der Waals surface area contributed by atoms with Crippen LogP contribution in [0.15, 0.2) is 42.9 Å². The number of aromatic nitrogens is 2. The van der Waals surface area contributed by atoms with E-state index in [4.69, 9.17) is 5.11 Å². The standard InChI is InChI=1S/C12H13N3O/c16-11-3-1-10(2-4-11)5-6-14-12-9-13-7-8-15-12/h1-4,7-9,16H,5-6H2,(H,14,15). The van der Waals surface area contributed by atoms with Crippen LogP contribution in [0.25, 0.3) is 0 Å². The van der Waals surface area contributed by atoms with Crippen molar-refractivity contribution < 1.29 is 5.11 Å². The predicted octanol–water partition coefficient (Wildman–Crippen LogP) is 1.84. The maximum absolute atomic E-state index is 9.13. The highest BCUT2D eigenvalue weighted by Crippen LogP contribution is 2.10. The van der Waals surface area contributed by atoms with Crippen LogP contribution >= 0.6 is 0 Å². The SMILES string of the molecule is Oc1ccc(CCNc2cnccn2)cc1. The van der Waals surface area contributed by atoms with Gasteiger partial charge in [-0.05, 0) is 24.1 Å². The molecule has 0 unspecified atom stereocenters. The first kappa shape index (κ1) is 10.4. The van der Waals surface area contributed by atoms with Gasteiger partial charge in [0.25, 0.3) is 0 Å². The third kappa shape index (κ3) is 2.95. The number of nitrogens with zero attached hydrogens (tertiary/aromatic N) is 2. The monoisotopic (exact) mass is 215 g/mol. The summed E-state index contributed by atoms with van der Waals surface area (Å²) in [5.41, 5.74) is 1.18. The number of rotatable bonds is 4. The van der Waals surface area contributed by atoms with E-state index in [9.17, 15) is 0 Å². The molecule has 0 bridgehead atoms. The Hall–Kier alpha value is -2.10. The van der Waals surface area contributed by atoms with Crippen LogP contribution in [0.3, 0.4) is 0 Å². The van der Waals surface area contributed by atoms with Crippen molar-refractivity contribution in [3.05, 3.63) is 48.4 Å². The highest BCUT2D eigenvalue weighted by Gasteiger charge is 1.95. The van der Waals surface area contributed by atoms with Crippen molar-refractivity contribution in [1.82, 2.24) is 9.97 Å². The van der Waals surface area contributed by atoms with E-state index in [1.54, 1.807) is 30.7 Å². The fourth-order valence-electron chi connectivity index (χ4n) is 1.39. The fraction of sp³-hybridized carbons (Fsp3) is 0.167. The zero-order valence-corrected chi connectivity index (χ0v) is 8.80. The molecule has 0 fully saturated rings. The minimum Gasteiger partial charge on any atom is -0.508 e. The Bertz CT molecular complexity index is 428. The normalized spacial score (nSPS) is 10.0. The topological polar surface area (TPSA) is 58.0 Å². The molecule has 2 rings (SSSR count). The summed E-state index contributed by atoms with van der Waals surface area (Å²) >= 11 is 0. The highest BCUT2D eigenvalue weighted by molar-refractivity contribution is 5.31. The lowest BCUT2D eigenvalue weighted by atomic mass is 10.1. The predicted molar refractivity (Wildman–Crippen MR) is 62.3 cm³/mol. The molecule has 4 heteroatoms. The van der Waals surface area contributed by atoms with Crippen molar-refractivity contribution in [2.24, 2.45) is 0 Å². The third-order valence-electron chi connectivity index (χ3n) is 2.22. The van der Waals surface area contributed by atoms with Crippen molar-refractivity contribution in [2.45, 2.75) is 6.42 Å². The van der Waals surface area contributed by atoms with Crippen molar-refractivity contribution in [1.29, 1.82) is 0 Å². The van der Waals surface area contributed by atoms with Crippen molar-refractivity contribution >= 4 is 5.82 Å². The van der Waals surface area contributed by atoms with Crippen LogP contribution < -0.4 is 5.32 Å². The molecule has 0 aliphatic rings. The molecular weight excluding hydrogens is 202 g/mol. The number of hydrogen-bond acceptors (Lipinski definition) is 4. The largest absolute Gasteiger partial charge is 0.508 e. The van der Waals surface area contributed by atoms with Gasteiger partial charge in [-0.3, -0.25) is 4.98 Å². The first-order valence-electron chi connectivity index (χ1n) is 5.12. The van der Waals surface area contributed by atoms with Crippen molar-refractivity contribution in [2.75, 3.05) is 11.9 Å². The molecule has 0 spiro atoms. The minimum absolute atomic E-state index is 0.297. The van der Waals surface area contributed by atoms with Gasteiger partial charge in [0.1, 0.15) is 11.6 Å². The first-order valence-corrected chi connectivity index (χ1v) is 5.12. The van der Waals surface area contributed by atoms with Crippen molar-refractivity contribution in [3.63, 3.8) is 0 Å². The number of benzene rings is 1. The zero-order valence-electron chi connectivity index (χ0n) is 8.80. The van der Waals surface area contributed by atoms with Gasteiger partial charge in [-0.15, -0.1) is 0 Å². The molecule has 0 aliphatic heterocycles. The van der Waals surface area contributed by atoms with E-state index >= 15 is 0 Å². The maximum Gasteiger partial charge on any atom is 0.144 e. The summed E-state index contributed by atoms with van der Waals surface area (Å²) in [6.45, 7) is 0.795. The number of phenolic OH excluding ortho intramolecular Hbond substituents is 1. The van der Waals surface area contributed by atoms with Gasteiger partial charge >= 0.3 is 0 Å². The molecule has 1 heterocycles. The quantitative estimate of drug-likeness (QED) is 0.817. The van der Waals surface area contributed by atoms with Crippen LogP contribution in [0.5, 0.6) is 5.75 Å². The Balaban J connectivity index is 1.82. The van der Waals surface area contributed by atoms with Crippen LogP contribution in [0.2, 0.25) is 0 Å². The summed E-state index contributed by atoms with van der Waals surface area (Å²) in [4.78, 5) is 8.07. The molecule has 2 N–H and O–H groups in total. The number of anilines is 1. The minimum atomic E-state index is 0.297. The lowest BCUT2D eigenvalue weighted by molar-refractivity contribution is 0.475. The Kier molecular flexibility index (Phi) is 3.33. The molecule has 1 aromatic heterocycles. The van der Waals surface area contributed by atoms with Gasteiger partial charge in [-0.1, -0.05) is 12.1 Å². The fourth-order valence-corrected chi connectivity index (χ4v) is 1.39. The molecule has 82 valence electrons. The van der Waals surface area contributed by atoms with Gasteiger partial charge in [-0.2, -0.15) is 0 Å². The molecule has 4 nitrogen and oxygen atoms in total. The average Bonchev–Trinajstić information content (AvgIpc) is 2.33. The maximum atomic E-state index is 9.13. The lowest BCUT2D eigenvalue weighted by Gasteiger charge is -2.04. The Morgan fingerprint density at radius 3 is 2.62 bits per heavy atom. The van der Waals surface area contributed by atoms with Crippen LogP contribution in [0.4, 0.5) is 5.82 Å². The van der Waals surface area contributed by atoms with Crippen LogP contribution in [-0.2, 0) is 6.42 Å². The number of phenols is 1. The van der Waals surface area contributed by atoms with E-state index in [1.165, 1.54) is 5.56 Å². The van der Waals surface area contributed by atoms with E-state index in [1.807, 2.05) is 12.1 Å². The molecule has 2 aromatic rings. The Morgan fingerprint density at radius 1 is 1.12 bits per heavy atom. The second kappa shape index (κ2) is 5.11. The summed E-state index contributed by atoms with van der Waals surface area (Å²) < 4.78 is 0. The molecule has 0 aliphatic carbocycles. The Labute approximate surface area is 94.0 Å². The molecule has 0 atom stereocenters. The second-order valence-corrected chi connectivity index (χ2v) is 3.43. The molecule has 0 saturated heterocycles. The lowest BCUT2D eigenvalue weighted by Crippen LogP contribution is -2.06. The molecule has 16 heavy (non-hydrogen) atoms. The van der Waals surface area contributed by atoms with E-state index in [0.717, 1.165) is 18.8 Å².